The van der Waals surface area contributed by atoms with Crippen LogP contribution < -0.4 is 0 Å². The molecule has 2 aromatic heterocycles. The van der Waals surface area contributed by atoms with Crippen LogP contribution in [0, 0.1) is 11.8 Å². The molecule has 6 nitrogen and oxygen atoms in total. The fourth-order valence-corrected chi connectivity index (χ4v) is 7.47. The maximum absolute atomic E-state index is 12.5. The summed E-state index contributed by atoms with van der Waals surface area (Å²) in [6.07, 6.45) is 12.1. The lowest BCUT2D eigenvalue weighted by atomic mass is 9.83. The van der Waals surface area contributed by atoms with E-state index in [1.54, 1.807) is 0 Å². The van der Waals surface area contributed by atoms with Crippen LogP contribution in [0.3, 0.4) is 0 Å². The minimum atomic E-state index is -0.618. The van der Waals surface area contributed by atoms with Crippen molar-refractivity contribution in [3.8, 4) is 0 Å². The fourth-order valence-electron chi connectivity index (χ4n) is 7.47. The van der Waals surface area contributed by atoms with Gasteiger partial charge in [-0.15, -0.1) is 0 Å². The maximum Gasteiger partial charge on any atom is 0.321 e. The molecule has 3 fully saturated rings. The van der Waals surface area contributed by atoms with Gasteiger partial charge in [-0.25, -0.2) is 4.98 Å². The number of hydrogen-bond donors (Lipinski definition) is 1. The van der Waals surface area contributed by atoms with Crippen LogP contribution in [-0.2, 0) is 4.79 Å². The van der Waals surface area contributed by atoms with Gasteiger partial charge in [0.1, 0.15) is 11.9 Å². The van der Waals surface area contributed by atoms with E-state index in [-0.39, 0.29) is 6.04 Å². The number of fused-ring (bicyclic) bond motifs is 1. The quantitative estimate of drug-likeness (QED) is 0.479. The van der Waals surface area contributed by atoms with Gasteiger partial charge in [0.05, 0.1) is 11.7 Å². The third kappa shape index (κ3) is 5.19. The van der Waals surface area contributed by atoms with Gasteiger partial charge in [0, 0.05) is 37.7 Å². The van der Waals surface area contributed by atoms with Crippen molar-refractivity contribution in [1.82, 2.24) is 19.2 Å². The largest absolute Gasteiger partial charge is 0.480 e. The summed E-state index contributed by atoms with van der Waals surface area (Å²) in [5, 5.41) is 10.3. The average molecular weight is 501 g/mol. The number of aliphatic carboxylic acids is 1. The number of rotatable bonds is 7. The number of hydrogen-bond acceptors (Lipinski definition) is 4. The summed E-state index contributed by atoms with van der Waals surface area (Å²) in [4.78, 5) is 22.2. The molecule has 6 rings (SSSR count). The van der Waals surface area contributed by atoms with Crippen molar-refractivity contribution >= 4 is 11.5 Å². The monoisotopic (exact) mass is 500 g/mol. The second kappa shape index (κ2) is 11.0. The van der Waals surface area contributed by atoms with Crippen LogP contribution in [0.2, 0.25) is 0 Å². The molecule has 196 valence electrons. The molecular weight excluding hydrogens is 460 g/mol. The zero-order valence-electron chi connectivity index (χ0n) is 21.8. The van der Waals surface area contributed by atoms with Crippen molar-refractivity contribution in [3.63, 3.8) is 0 Å². The van der Waals surface area contributed by atoms with Gasteiger partial charge in [-0.05, 0) is 68.3 Å². The number of imidazole rings is 1. The van der Waals surface area contributed by atoms with E-state index in [4.69, 9.17) is 4.98 Å². The topological polar surface area (TPSA) is 61.1 Å². The smallest absolute Gasteiger partial charge is 0.321 e. The van der Waals surface area contributed by atoms with Gasteiger partial charge in [0.25, 0.3) is 0 Å². The Hall–Kier alpha value is -2.70. The Labute approximate surface area is 220 Å². The first kappa shape index (κ1) is 24.6. The molecule has 6 heteroatoms. The summed E-state index contributed by atoms with van der Waals surface area (Å²) in [7, 11) is 0. The zero-order chi connectivity index (χ0) is 25.2. The minimum Gasteiger partial charge on any atom is -0.480 e. The number of benzene rings is 1. The van der Waals surface area contributed by atoms with E-state index < -0.39 is 5.97 Å². The van der Waals surface area contributed by atoms with Crippen LogP contribution in [0.1, 0.15) is 68.2 Å². The van der Waals surface area contributed by atoms with Gasteiger partial charge in [-0.3, -0.25) is 9.69 Å². The predicted octanol–water partition coefficient (Wildman–Crippen LogP) is 5.26. The van der Waals surface area contributed by atoms with Gasteiger partial charge < -0.3 is 14.4 Å². The number of nitrogens with zero attached hydrogens (tertiary/aromatic N) is 4. The summed E-state index contributed by atoms with van der Waals surface area (Å²) in [5.41, 5.74) is 2.53. The van der Waals surface area contributed by atoms with Crippen LogP contribution in [-0.4, -0.2) is 69.0 Å². The van der Waals surface area contributed by atoms with Gasteiger partial charge in [0.15, 0.2) is 0 Å². The van der Waals surface area contributed by atoms with E-state index in [0.717, 1.165) is 58.4 Å². The second-order valence-corrected chi connectivity index (χ2v) is 11.6. The van der Waals surface area contributed by atoms with E-state index in [1.807, 2.05) is 6.20 Å². The average Bonchev–Trinajstić information content (AvgIpc) is 3.55. The van der Waals surface area contributed by atoms with E-state index in [1.165, 1.54) is 36.2 Å². The molecule has 2 aliphatic heterocycles. The molecule has 0 bridgehead atoms. The lowest BCUT2D eigenvalue weighted by Gasteiger charge is -2.35. The van der Waals surface area contributed by atoms with Gasteiger partial charge >= 0.3 is 5.97 Å². The van der Waals surface area contributed by atoms with Crippen molar-refractivity contribution in [2.45, 2.75) is 62.8 Å². The molecule has 1 saturated carbocycles. The van der Waals surface area contributed by atoms with Crippen LogP contribution in [0.5, 0.6) is 0 Å². The highest BCUT2D eigenvalue weighted by Crippen LogP contribution is 2.39. The number of carbonyl (C=O) groups is 1. The number of carboxylic acid groups (broad SMARTS) is 1. The summed E-state index contributed by atoms with van der Waals surface area (Å²) in [6.45, 7) is 4.95. The highest BCUT2D eigenvalue weighted by molar-refractivity contribution is 5.74. The van der Waals surface area contributed by atoms with Crippen LogP contribution >= 0.6 is 0 Å². The van der Waals surface area contributed by atoms with Gasteiger partial charge in [0.2, 0.25) is 0 Å². The maximum atomic E-state index is 12.5. The molecule has 1 aromatic carbocycles. The second-order valence-electron chi connectivity index (χ2n) is 11.6. The molecule has 0 amide bonds. The van der Waals surface area contributed by atoms with E-state index in [0.29, 0.717) is 23.7 Å². The van der Waals surface area contributed by atoms with Crippen molar-refractivity contribution in [2.24, 2.45) is 11.8 Å². The molecule has 0 spiro atoms. The summed E-state index contributed by atoms with van der Waals surface area (Å²) in [6, 6.07) is 16.8. The Bertz CT molecular complexity index is 1180. The van der Waals surface area contributed by atoms with E-state index in [2.05, 4.69) is 68.9 Å². The fraction of sp³-hybridized carbons (Fsp3) is 0.548. The molecule has 37 heavy (non-hydrogen) atoms. The van der Waals surface area contributed by atoms with Crippen molar-refractivity contribution < 1.29 is 9.90 Å². The molecule has 0 radical (unpaired) electrons. The van der Waals surface area contributed by atoms with Crippen LogP contribution in [0.15, 0.2) is 60.9 Å². The normalized spacial score (nSPS) is 25.5. The molecule has 0 unspecified atom stereocenters. The molecule has 3 atom stereocenters. The molecule has 4 heterocycles. The number of carboxylic acids is 1. The zero-order valence-corrected chi connectivity index (χ0v) is 21.8. The molecule has 1 aliphatic carbocycles. The Balaban J connectivity index is 1.15. The lowest BCUT2D eigenvalue weighted by Crippen LogP contribution is -2.46. The minimum absolute atomic E-state index is 0.293. The summed E-state index contributed by atoms with van der Waals surface area (Å²) < 4.78 is 2.25. The highest BCUT2D eigenvalue weighted by Gasteiger charge is 2.43. The first-order valence-electron chi connectivity index (χ1n) is 14.3. The standard InChI is InChI=1S/C31H40N4O2/c36-31(37)29(24-11-5-2-6-12-24)34-21-26(28(22-34)23-9-3-1-4-10-23)20-33-17-14-25(15-18-33)30-32-19-27-13-7-8-16-35(27)30/h1,3-4,7-10,13,16,19,24-26,28-29H,2,5-6,11-12,14-15,17-18,20-22H2,(H,36,37)/t26-,28+,29+/m0/s1. The third-order valence-corrected chi connectivity index (χ3v) is 9.35. The first-order valence-corrected chi connectivity index (χ1v) is 14.3. The van der Waals surface area contributed by atoms with Crippen LogP contribution in [0.25, 0.3) is 5.52 Å². The van der Waals surface area contributed by atoms with Crippen molar-refractivity contribution in [3.05, 3.63) is 72.3 Å². The number of pyridine rings is 1. The Morgan fingerprint density at radius 2 is 1.70 bits per heavy atom. The first-order chi connectivity index (χ1) is 18.2. The molecule has 3 aromatic rings. The summed E-state index contributed by atoms with van der Waals surface area (Å²) >= 11 is 0. The van der Waals surface area contributed by atoms with Gasteiger partial charge in [-0.2, -0.15) is 0 Å². The Morgan fingerprint density at radius 1 is 0.946 bits per heavy atom. The number of likely N-dealkylation sites (tertiary alicyclic amines) is 2. The highest BCUT2D eigenvalue weighted by atomic mass is 16.4. The predicted molar refractivity (Wildman–Crippen MR) is 146 cm³/mol. The SMILES string of the molecule is O=C(O)[C@@H](C1CCCCC1)N1C[C@H](CN2CCC(c3ncc4ccccn34)CC2)[C@@H](c2ccccc2)C1. The molecule has 1 N–H and O–H groups in total. The molecule has 3 aliphatic rings. The van der Waals surface area contributed by atoms with Crippen molar-refractivity contribution in [1.29, 1.82) is 0 Å². The molecular formula is C31H40N4O2. The summed E-state index contributed by atoms with van der Waals surface area (Å²) in [5.74, 6) is 2.21. The third-order valence-electron chi connectivity index (χ3n) is 9.35. The van der Waals surface area contributed by atoms with Crippen LogP contribution in [0.4, 0.5) is 0 Å². The van der Waals surface area contributed by atoms with Crippen molar-refractivity contribution in [2.75, 3.05) is 32.7 Å². The molecule has 2 saturated heterocycles. The van der Waals surface area contributed by atoms with Gasteiger partial charge in [-0.1, -0.05) is 55.7 Å². The number of aromatic nitrogens is 2. The Kier molecular flexibility index (Phi) is 7.30. The van der Waals surface area contributed by atoms with E-state index >= 15 is 0 Å². The Morgan fingerprint density at radius 3 is 2.46 bits per heavy atom. The lowest BCUT2D eigenvalue weighted by molar-refractivity contribution is -0.145. The van der Waals surface area contributed by atoms with E-state index in [9.17, 15) is 9.90 Å². The number of piperidine rings is 1.